The van der Waals surface area contributed by atoms with Crippen molar-refractivity contribution in [1.82, 2.24) is 15.2 Å². The van der Waals surface area contributed by atoms with Crippen molar-refractivity contribution in [2.24, 2.45) is 5.92 Å². The van der Waals surface area contributed by atoms with E-state index in [0.717, 1.165) is 26.1 Å². The predicted octanol–water partition coefficient (Wildman–Crippen LogP) is 1.93. The Morgan fingerprint density at radius 1 is 1.53 bits per heavy atom. The van der Waals surface area contributed by atoms with Crippen LogP contribution in [-0.2, 0) is 0 Å². The average molecular weight is 261 g/mol. The van der Waals surface area contributed by atoms with Gasteiger partial charge in [-0.1, -0.05) is 19.9 Å². The molecule has 1 aromatic heterocycles. The van der Waals surface area contributed by atoms with Crippen molar-refractivity contribution >= 4 is 5.91 Å². The zero-order chi connectivity index (χ0) is 13.7. The lowest BCUT2D eigenvalue weighted by Gasteiger charge is -2.33. The fraction of sp³-hybridized carbons (Fsp3) is 0.600. The number of nitrogens with zero attached hydrogens (tertiary/aromatic N) is 2. The maximum absolute atomic E-state index is 12.3. The number of piperidine rings is 1. The minimum atomic E-state index is 0.0647. The van der Waals surface area contributed by atoms with E-state index in [1.165, 1.54) is 6.42 Å². The summed E-state index contributed by atoms with van der Waals surface area (Å²) in [5, 5.41) is 3.46. The van der Waals surface area contributed by atoms with E-state index in [1.807, 2.05) is 17.0 Å². The Labute approximate surface area is 115 Å². The van der Waals surface area contributed by atoms with E-state index in [-0.39, 0.29) is 5.91 Å². The lowest BCUT2D eigenvalue weighted by molar-refractivity contribution is 0.0666. The zero-order valence-corrected chi connectivity index (χ0v) is 11.8. The van der Waals surface area contributed by atoms with E-state index < -0.39 is 0 Å². The molecule has 4 nitrogen and oxygen atoms in total. The van der Waals surface area contributed by atoms with Crippen LogP contribution in [0.1, 0.15) is 37.2 Å². The number of aromatic nitrogens is 1. The molecule has 104 valence electrons. The second-order valence-electron chi connectivity index (χ2n) is 5.54. The summed E-state index contributed by atoms with van der Waals surface area (Å²) in [4.78, 5) is 18.4. The van der Waals surface area contributed by atoms with Gasteiger partial charge in [0.15, 0.2) is 0 Å². The topological polar surface area (TPSA) is 45.2 Å². The Hall–Kier alpha value is -1.42. The van der Waals surface area contributed by atoms with Crippen molar-refractivity contribution < 1.29 is 4.79 Å². The molecule has 2 rings (SSSR count). The molecule has 0 aromatic carbocycles. The van der Waals surface area contributed by atoms with E-state index in [4.69, 9.17) is 0 Å². The molecule has 4 heteroatoms. The van der Waals surface area contributed by atoms with Crippen LogP contribution in [0.4, 0.5) is 0 Å². The largest absolute Gasteiger partial charge is 0.337 e. The second kappa shape index (κ2) is 6.66. The molecule has 0 bridgehead atoms. The van der Waals surface area contributed by atoms with Crippen LogP contribution in [0.3, 0.4) is 0 Å². The van der Waals surface area contributed by atoms with Gasteiger partial charge in [-0.25, -0.2) is 0 Å². The highest BCUT2D eigenvalue weighted by molar-refractivity contribution is 5.92. The van der Waals surface area contributed by atoms with Crippen molar-refractivity contribution in [2.75, 3.05) is 19.6 Å². The monoisotopic (exact) mass is 261 g/mol. The maximum atomic E-state index is 12.3. The molecule has 1 amide bonds. The Bertz CT molecular complexity index is 405. The molecule has 19 heavy (non-hydrogen) atoms. The van der Waals surface area contributed by atoms with Crippen LogP contribution in [0.15, 0.2) is 24.4 Å². The molecule has 0 radical (unpaired) electrons. The summed E-state index contributed by atoms with van der Waals surface area (Å²) < 4.78 is 0. The first kappa shape index (κ1) is 14.0. The molecule has 0 spiro atoms. The van der Waals surface area contributed by atoms with Gasteiger partial charge < -0.3 is 10.2 Å². The van der Waals surface area contributed by atoms with E-state index in [1.54, 1.807) is 12.3 Å². The van der Waals surface area contributed by atoms with E-state index in [2.05, 4.69) is 24.1 Å². The Morgan fingerprint density at radius 3 is 3.05 bits per heavy atom. The third-order valence-corrected chi connectivity index (χ3v) is 3.50. The van der Waals surface area contributed by atoms with Crippen LogP contribution in [0.25, 0.3) is 0 Å². The summed E-state index contributed by atoms with van der Waals surface area (Å²) >= 11 is 0. The van der Waals surface area contributed by atoms with Crippen molar-refractivity contribution in [1.29, 1.82) is 0 Å². The van der Waals surface area contributed by atoms with Gasteiger partial charge in [0.25, 0.3) is 5.91 Å². The summed E-state index contributed by atoms with van der Waals surface area (Å²) in [5.41, 5.74) is 0.556. The molecule has 1 unspecified atom stereocenters. The van der Waals surface area contributed by atoms with Gasteiger partial charge in [0.05, 0.1) is 0 Å². The summed E-state index contributed by atoms with van der Waals surface area (Å²) in [5.74, 6) is 0.624. The molecule has 0 saturated carbocycles. The van der Waals surface area contributed by atoms with Crippen molar-refractivity contribution in [3.05, 3.63) is 30.1 Å². The normalized spacial score (nSPS) is 19.7. The van der Waals surface area contributed by atoms with Crippen LogP contribution in [-0.4, -0.2) is 41.5 Å². The fourth-order valence-corrected chi connectivity index (χ4v) is 2.47. The molecule has 1 saturated heterocycles. The minimum Gasteiger partial charge on any atom is -0.337 e. The van der Waals surface area contributed by atoms with E-state index in [0.29, 0.717) is 17.7 Å². The lowest BCUT2D eigenvalue weighted by Crippen LogP contribution is -2.44. The molecule has 0 aliphatic carbocycles. The highest BCUT2D eigenvalue weighted by Crippen LogP contribution is 2.17. The molecular weight excluding hydrogens is 238 g/mol. The van der Waals surface area contributed by atoms with E-state index >= 15 is 0 Å². The quantitative estimate of drug-likeness (QED) is 0.901. The van der Waals surface area contributed by atoms with Crippen molar-refractivity contribution in [2.45, 2.75) is 32.7 Å². The number of pyridine rings is 1. The standard InChI is InChI=1S/C15H23N3O/c1-12(2)17-10-13-6-5-9-18(11-13)15(19)14-7-3-4-8-16-14/h3-4,7-8,12-13,17H,5-6,9-11H2,1-2H3. The summed E-state index contributed by atoms with van der Waals surface area (Å²) in [6.07, 6.45) is 3.96. The average Bonchev–Trinajstić information content (AvgIpc) is 2.45. The van der Waals surface area contributed by atoms with Gasteiger partial charge >= 0.3 is 0 Å². The van der Waals surface area contributed by atoms with Gasteiger partial charge in [0.1, 0.15) is 5.69 Å². The first-order valence-corrected chi connectivity index (χ1v) is 7.10. The summed E-state index contributed by atoms with van der Waals surface area (Å²) in [6.45, 7) is 6.99. The van der Waals surface area contributed by atoms with Crippen molar-refractivity contribution in [3.8, 4) is 0 Å². The predicted molar refractivity (Wildman–Crippen MR) is 76.0 cm³/mol. The molecule has 1 N–H and O–H groups in total. The number of hydrogen-bond acceptors (Lipinski definition) is 3. The lowest BCUT2D eigenvalue weighted by atomic mass is 9.97. The van der Waals surface area contributed by atoms with Gasteiger partial charge in [-0.2, -0.15) is 0 Å². The summed E-state index contributed by atoms with van der Waals surface area (Å²) in [6, 6.07) is 5.99. The van der Waals surface area contributed by atoms with Crippen LogP contribution < -0.4 is 5.32 Å². The zero-order valence-electron chi connectivity index (χ0n) is 11.8. The summed E-state index contributed by atoms with van der Waals surface area (Å²) in [7, 11) is 0. The minimum absolute atomic E-state index is 0.0647. The Balaban J connectivity index is 1.92. The number of amides is 1. The maximum Gasteiger partial charge on any atom is 0.272 e. The number of carbonyl (C=O) groups excluding carboxylic acids is 1. The molecule has 1 aromatic rings. The first-order valence-electron chi connectivity index (χ1n) is 7.10. The van der Waals surface area contributed by atoms with Crippen LogP contribution in [0.2, 0.25) is 0 Å². The molecule has 1 fully saturated rings. The SMILES string of the molecule is CC(C)NCC1CCCN(C(=O)c2ccccn2)C1. The van der Waals surface area contributed by atoms with Gasteiger partial charge in [-0.15, -0.1) is 0 Å². The highest BCUT2D eigenvalue weighted by Gasteiger charge is 2.24. The molecule has 2 heterocycles. The van der Waals surface area contributed by atoms with Gasteiger partial charge in [0.2, 0.25) is 0 Å². The number of nitrogens with one attached hydrogen (secondary N) is 1. The third-order valence-electron chi connectivity index (χ3n) is 3.50. The highest BCUT2D eigenvalue weighted by atomic mass is 16.2. The molecular formula is C15H23N3O. The second-order valence-corrected chi connectivity index (χ2v) is 5.54. The Morgan fingerprint density at radius 2 is 2.37 bits per heavy atom. The molecule has 1 aliphatic heterocycles. The number of hydrogen-bond donors (Lipinski definition) is 1. The van der Waals surface area contributed by atoms with Gasteiger partial charge in [-0.05, 0) is 37.4 Å². The van der Waals surface area contributed by atoms with Crippen molar-refractivity contribution in [3.63, 3.8) is 0 Å². The smallest absolute Gasteiger partial charge is 0.272 e. The van der Waals surface area contributed by atoms with Gasteiger partial charge in [0, 0.05) is 25.3 Å². The fourth-order valence-electron chi connectivity index (χ4n) is 2.47. The molecule has 1 atom stereocenters. The van der Waals surface area contributed by atoms with Crippen LogP contribution in [0.5, 0.6) is 0 Å². The first-order chi connectivity index (χ1) is 9.16. The third kappa shape index (κ3) is 4.03. The number of likely N-dealkylation sites (tertiary alicyclic amines) is 1. The van der Waals surface area contributed by atoms with Crippen LogP contribution >= 0.6 is 0 Å². The number of carbonyl (C=O) groups is 1. The van der Waals surface area contributed by atoms with Gasteiger partial charge in [-0.3, -0.25) is 9.78 Å². The number of rotatable bonds is 4. The van der Waals surface area contributed by atoms with E-state index in [9.17, 15) is 4.79 Å². The van der Waals surface area contributed by atoms with Crippen LogP contribution in [0, 0.1) is 5.92 Å². The Kier molecular flexibility index (Phi) is 4.91. The molecule has 1 aliphatic rings.